The maximum atomic E-state index is 9.73. The van der Waals surface area contributed by atoms with E-state index in [4.69, 9.17) is 5.11 Å². The predicted octanol–water partition coefficient (Wildman–Crippen LogP) is 6.48. The van der Waals surface area contributed by atoms with Crippen LogP contribution in [0.4, 0.5) is 0 Å². The Labute approximate surface area is 176 Å². The van der Waals surface area contributed by atoms with Gasteiger partial charge in [-0.25, -0.2) is 0 Å². The number of carboxylic acids is 1. The van der Waals surface area contributed by atoms with Crippen LogP contribution >= 0.6 is 0 Å². The number of para-hydroxylation sites is 2. The number of phenols is 2. The molecule has 2 rings (SSSR count). The molecule has 0 saturated carbocycles. The maximum Gasteiger partial charge on any atom is 0.303 e. The molecule has 0 radical (unpaired) electrons. The van der Waals surface area contributed by atoms with E-state index in [1.165, 1.54) is 0 Å². The molecule has 4 nitrogen and oxygen atoms in total. The normalized spacial score (nSPS) is 10.9. The lowest BCUT2D eigenvalue weighted by atomic mass is 9.85. The first kappa shape index (κ1) is 26.5. The lowest BCUT2D eigenvalue weighted by Crippen LogP contribution is -2.11. The van der Waals surface area contributed by atoms with Crippen molar-refractivity contribution in [3.63, 3.8) is 0 Å². The average Bonchev–Trinajstić information content (AvgIpc) is 2.58. The van der Waals surface area contributed by atoms with Gasteiger partial charge in [-0.1, -0.05) is 84.9 Å². The van der Waals surface area contributed by atoms with Crippen molar-refractivity contribution >= 4 is 5.97 Å². The Morgan fingerprint density at radius 3 is 1.21 bits per heavy atom. The molecule has 0 spiro atoms. The smallest absolute Gasteiger partial charge is 0.303 e. The summed E-state index contributed by atoms with van der Waals surface area (Å²) in [4.78, 5) is 9.37. The largest absolute Gasteiger partial charge is 0.507 e. The van der Waals surface area contributed by atoms with E-state index < -0.39 is 5.97 Å². The van der Waals surface area contributed by atoms with Crippen molar-refractivity contribution in [3.05, 3.63) is 58.7 Å². The molecule has 0 unspecified atom stereocenters. The molecule has 0 bridgehead atoms. The van der Waals surface area contributed by atoms with Crippen LogP contribution in [0.1, 0.15) is 77.1 Å². The van der Waals surface area contributed by atoms with Crippen LogP contribution < -0.4 is 0 Å². The van der Waals surface area contributed by atoms with E-state index in [0.717, 1.165) is 22.3 Å². The zero-order chi connectivity index (χ0) is 23.0. The fraction of sp³-hybridized carbons (Fsp3) is 0.480. The summed E-state index contributed by atoms with van der Waals surface area (Å²) >= 11 is 0. The Hall–Kier alpha value is -2.49. The van der Waals surface area contributed by atoms with Gasteiger partial charge in [0, 0.05) is 6.42 Å². The minimum atomic E-state index is -0.745. The van der Waals surface area contributed by atoms with E-state index in [0.29, 0.717) is 11.5 Å². The lowest BCUT2D eigenvalue weighted by molar-refractivity contribution is -0.136. The Kier molecular flexibility index (Phi) is 9.96. The molecule has 4 heteroatoms. The summed E-state index contributed by atoms with van der Waals surface area (Å²) in [5, 5.41) is 27.2. The number of hydrogen-bond acceptors (Lipinski definition) is 3. The molecular weight excluding hydrogens is 364 g/mol. The predicted molar refractivity (Wildman–Crippen MR) is 121 cm³/mol. The highest BCUT2D eigenvalue weighted by Crippen LogP contribution is 2.33. The Bertz CT molecular complexity index is 732. The van der Waals surface area contributed by atoms with Gasteiger partial charge in [-0.2, -0.15) is 0 Å². The number of carboxylic acid groups (broad SMARTS) is 1. The minimum Gasteiger partial charge on any atom is -0.507 e. The van der Waals surface area contributed by atoms with Crippen molar-refractivity contribution in [1.29, 1.82) is 0 Å². The summed E-state index contributed by atoms with van der Waals surface area (Å²) in [6.07, 6.45) is 0.222. The first-order chi connectivity index (χ1) is 13.1. The van der Waals surface area contributed by atoms with E-state index in [9.17, 15) is 15.0 Å². The van der Waals surface area contributed by atoms with Crippen LogP contribution in [-0.2, 0) is 15.6 Å². The first-order valence-corrected chi connectivity index (χ1v) is 9.92. The number of aryl methyl sites for hydroxylation is 2. The van der Waals surface area contributed by atoms with Crippen LogP contribution in [-0.4, -0.2) is 21.3 Å². The van der Waals surface area contributed by atoms with E-state index in [-0.39, 0.29) is 17.3 Å². The highest BCUT2D eigenvalue weighted by atomic mass is 16.4. The van der Waals surface area contributed by atoms with Crippen molar-refractivity contribution in [2.24, 2.45) is 0 Å². The van der Waals surface area contributed by atoms with Crippen LogP contribution in [0.3, 0.4) is 0 Å². The standard InChI is InChI=1S/2C11H16O.C3H6O2/c2*1-8-6-5-7-9(10(8)12)11(2,3)4;1-2-3(4)5/h2*5-7,12H,1-4H3;2H2,1H3,(H,4,5). The second-order valence-corrected chi connectivity index (χ2v) is 9.19. The SMILES string of the molecule is CCC(=O)O.Cc1cccc(C(C)(C)C)c1O.Cc1cccc(C(C)(C)C)c1O. The van der Waals surface area contributed by atoms with Gasteiger partial charge in [-0.3, -0.25) is 4.79 Å². The zero-order valence-electron chi connectivity index (χ0n) is 19.4. The molecule has 2 aromatic carbocycles. The van der Waals surface area contributed by atoms with Crippen molar-refractivity contribution in [2.75, 3.05) is 0 Å². The van der Waals surface area contributed by atoms with Crippen LogP contribution in [0.25, 0.3) is 0 Å². The molecule has 0 saturated heterocycles. The number of aromatic hydroxyl groups is 2. The van der Waals surface area contributed by atoms with Gasteiger partial charge in [0.05, 0.1) is 0 Å². The molecule has 0 aliphatic rings. The number of aliphatic carboxylic acids is 1. The van der Waals surface area contributed by atoms with Crippen LogP contribution in [0.5, 0.6) is 11.5 Å². The zero-order valence-corrected chi connectivity index (χ0v) is 19.4. The quantitative estimate of drug-likeness (QED) is 0.510. The number of rotatable bonds is 1. The van der Waals surface area contributed by atoms with Gasteiger partial charge in [0.25, 0.3) is 0 Å². The molecule has 0 aromatic heterocycles. The third-order valence-corrected chi connectivity index (χ3v) is 4.39. The molecule has 29 heavy (non-hydrogen) atoms. The third-order valence-electron chi connectivity index (χ3n) is 4.39. The van der Waals surface area contributed by atoms with E-state index in [1.54, 1.807) is 6.92 Å². The minimum absolute atomic E-state index is 0.0239. The van der Waals surface area contributed by atoms with Crippen molar-refractivity contribution in [1.82, 2.24) is 0 Å². The highest BCUT2D eigenvalue weighted by molar-refractivity contribution is 5.66. The second kappa shape index (κ2) is 10.9. The number of hydrogen-bond donors (Lipinski definition) is 3. The van der Waals surface area contributed by atoms with Crippen LogP contribution in [0.2, 0.25) is 0 Å². The maximum absolute atomic E-state index is 9.73. The topological polar surface area (TPSA) is 77.8 Å². The van der Waals surface area contributed by atoms with Gasteiger partial charge in [0.1, 0.15) is 11.5 Å². The summed E-state index contributed by atoms with van der Waals surface area (Å²) in [7, 11) is 0. The third kappa shape index (κ3) is 9.03. The van der Waals surface area contributed by atoms with E-state index >= 15 is 0 Å². The first-order valence-electron chi connectivity index (χ1n) is 9.92. The highest BCUT2D eigenvalue weighted by Gasteiger charge is 2.18. The van der Waals surface area contributed by atoms with Gasteiger partial charge in [0.2, 0.25) is 0 Å². The fourth-order valence-electron chi connectivity index (χ4n) is 2.53. The van der Waals surface area contributed by atoms with E-state index in [2.05, 4.69) is 41.5 Å². The molecule has 0 heterocycles. The Morgan fingerprint density at radius 1 is 0.759 bits per heavy atom. The molecule has 0 aliphatic carbocycles. The molecular formula is C25H38O4. The summed E-state index contributed by atoms with van der Waals surface area (Å²) in [5.41, 5.74) is 3.97. The Balaban J connectivity index is 0.000000442. The molecule has 2 aromatic rings. The van der Waals surface area contributed by atoms with Crippen LogP contribution in [0.15, 0.2) is 36.4 Å². The van der Waals surface area contributed by atoms with Gasteiger partial charge < -0.3 is 15.3 Å². The summed E-state index contributed by atoms with van der Waals surface area (Å²) < 4.78 is 0. The summed E-state index contributed by atoms with van der Waals surface area (Å²) in [5.74, 6) is 0.125. The van der Waals surface area contributed by atoms with Gasteiger partial charge in [-0.15, -0.1) is 0 Å². The van der Waals surface area contributed by atoms with Crippen LogP contribution in [0, 0.1) is 13.8 Å². The molecule has 3 N–H and O–H groups in total. The van der Waals surface area contributed by atoms with Gasteiger partial charge >= 0.3 is 5.97 Å². The van der Waals surface area contributed by atoms with Crippen molar-refractivity contribution < 1.29 is 20.1 Å². The second-order valence-electron chi connectivity index (χ2n) is 9.19. The Morgan fingerprint density at radius 2 is 1.03 bits per heavy atom. The summed E-state index contributed by atoms with van der Waals surface area (Å²) in [6.45, 7) is 18.0. The van der Waals surface area contributed by atoms with Crippen molar-refractivity contribution in [3.8, 4) is 11.5 Å². The summed E-state index contributed by atoms with van der Waals surface area (Å²) in [6, 6.07) is 11.8. The molecule has 0 amide bonds. The monoisotopic (exact) mass is 402 g/mol. The van der Waals surface area contributed by atoms with Crippen molar-refractivity contribution in [2.45, 2.75) is 79.6 Å². The van der Waals surface area contributed by atoms with Gasteiger partial charge in [0.15, 0.2) is 0 Å². The number of benzene rings is 2. The van der Waals surface area contributed by atoms with Gasteiger partial charge in [-0.05, 0) is 46.9 Å². The number of carbonyl (C=O) groups is 1. The average molecular weight is 403 g/mol. The molecule has 0 fully saturated rings. The molecule has 0 atom stereocenters. The molecule has 162 valence electrons. The van der Waals surface area contributed by atoms with E-state index in [1.807, 2.05) is 50.2 Å². The molecule has 0 aliphatic heterocycles. The number of phenolic OH excluding ortho intramolecular Hbond substituents is 2. The lowest BCUT2D eigenvalue weighted by Gasteiger charge is -2.21. The fourth-order valence-corrected chi connectivity index (χ4v) is 2.53.